The number of likely N-dealkylation sites (tertiary alicyclic amines) is 1. The van der Waals surface area contributed by atoms with E-state index in [1.165, 1.54) is 0 Å². The van der Waals surface area contributed by atoms with Gasteiger partial charge in [0.15, 0.2) is 0 Å². The molecule has 0 amide bonds. The lowest BCUT2D eigenvalue weighted by Crippen LogP contribution is -2.33. The second-order valence-corrected chi connectivity index (χ2v) is 3.82. The first kappa shape index (κ1) is 10.9. The van der Waals surface area contributed by atoms with Gasteiger partial charge in [0.05, 0.1) is 12.7 Å². The summed E-state index contributed by atoms with van der Waals surface area (Å²) in [6, 6.07) is 0. The Labute approximate surface area is 78.5 Å². The van der Waals surface area contributed by atoms with Crippen molar-refractivity contribution in [3.8, 4) is 0 Å². The monoisotopic (exact) mass is 191 g/mol. The first-order valence-corrected chi connectivity index (χ1v) is 4.67. The molecule has 0 spiro atoms. The van der Waals surface area contributed by atoms with Crippen LogP contribution in [-0.4, -0.2) is 55.6 Å². The van der Waals surface area contributed by atoms with Gasteiger partial charge in [0.2, 0.25) is 0 Å². The van der Waals surface area contributed by atoms with E-state index >= 15 is 0 Å². The third-order valence-corrected chi connectivity index (χ3v) is 2.42. The topological polar surface area (TPSA) is 32.7 Å². The summed E-state index contributed by atoms with van der Waals surface area (Å²) in [7, 11) is 1.55. The number of hydrogen-bond acceptors (Lipinski definition) is 3. The molecule has 3 nitrogen and oxygen atoms in total. The molecule has 0 aromatic heterocycles. The average molecular weight is 191 g/mol. The van der Waals surface area contributed by atoms with Gasteiger partial charge in [-0.1, -0.05) is 6.92 Å². The SMILES string of the molecule is COCC(O)CN1CC(C)C(F)C1. The van der Waals surface area contributed by atoms with Crippen molar-refractivity contribution in [1.82, 2.24) is 4.90 Å². The van der Waals surface area contributed by atoms with Crippen LogP contribution in [0.25, 0.3) is 0 Å². The minimum atomic E-state index is -0.741. The van der Waals surface area contributed by atoms with Crippen molar-refractivity contribution in [3.05, 3.63) is 0 Å². The van der Waals surface area contributed by atoms with Gasteiger partial charge in [-0.25, -0.2) is 4.39 Å². The number of nitrogens with zero attached hydrogens (tertiary/aromatic N) is 1. The Morgan fingerprint density at radius 2 is 2.31 bits per heavy atom. The van der Waals surface area contributed by atoms with Crippen LogP contribution in [0.15, 0.2) is 0 Å². The maximum absolute atomic E-state index is 13.0. The largest absolute Gasteiger partial charge is 0.389 e. The molecule has 3 atom stereocenters. The van der Waals surface area contributed by atoms with Crippen molar-refractivity contribution in [3.63, 3.8) is 0 Å². The van der Waals surface area contributed by atoms with E-state index in [1.54, 1.807) is 7.11 Å². The molecule has 1 rings (SSSR count). The zero-order valence-electron chi connectivity index (χ0n) is 8.24. The predicted molar refractivity (Wildman–Crippen MR) is 48.4 cm³/mol. The summed E-state index contributed by atoms with van der Waals surface area (Å²) in [6.45, 7) is 3.91. The predicted octanol–water partition coefficient (Wildman–Crippen LogP) is 0.284. The molecule has 1 aliphatic heterocycles. The second-order valence-electron chi connectivity index (χ2n) is 3.82. The van der Waals surface area contributed by atoms with Crippen LogP contribution in [0.5, 0.6) is 0 Å². The van der Waals surface area contributed by atoms with E-state index < -0.39 is 12.3 Å². The lowest BCUT2D eigenvalue weighted by molar-refractivity contribution is 0.0414. The summed E-state index contributed by atoms with van der Waals surface area (Å²) < 4.78 is 17.8. The zero-order chi connectivity index (χ0) is 9.84. The molecule has 0 aliphatic carbocycles. The summed E-state index contributed by atoms with van der Waals surface area (Å²) >= 11 is 0. The Morgan fingerprint density at radius 1 is 1.62 bits per heavy atom. The Balaban J connectivity index is 2.23. The number of aliphatic hydroxyl groups excluding tert-OH is 1. The highest BCUT2D eigenvalue weighted by atomic mass is 19.1. The van der Waals surface area contributed by atoms with Crippen LogP contribution in [0.3, 0.4) is 0 Å². The number of alkyl halides is 1. The number of ether oxygens (including phenoxy) is 1. The molecule has 1 saturated heterocycles. The van der Waals surface area contributed by atoms with Gasteiger partial charge in [0, 0.05) is 32.7 Å². The van der Waals surface area contributed by atoms with Crippen LogP contribution >= 0.6 is 0 Å². The van der Waals surface area contributed by atoms with E-state index in [4.69, 9.17) is 4.74 Å². The highest BCUT2D eigenvalue weighted by Gasteiger charge is 2.29. The molecular weight excluding hydrogens is 173 g/mol. The van der Waals surface area contributed by atoms with E-state index in [1.807, 2.05) is 11.8 Å². The smallest absolute Gasteiger partial charge is 0.116 e. The highest BCUT2D eigenvalue weighted by Crippen LogP contribution is 2.19. The van der Waals surface area contributed by atoms with Crippen molar-refractivity contribution in [2.45, 2.75) is 19.2 Å². The van der Waals surface area contributed by atoms with Crippen LogP contribution in [0.1, 0.15) is 6.92 Å². The van der Waals surface area contributed by atoms with E-state index in [9.17, 15) is 9.50 Å². The Morgan fingerprint density at radius 3 is 2.77 bits per heavy atom. The van der Waals surface area contributed by atoms with E-state index in [0.29, 0.717) is 19.7 Å². The molecule has 3 unspecified atom stereocenters. The molecule has 1 N–H and O–H groups in total. The summed E-state index contributed by atoms with van der Waals surface area (Å²) in [6.07, 6.45) is -1.24. The Kier molecular flexibility index (Phi) is 4.09. The van der Waals surface area contributed by atoms with Gasteiger partial charge in [0.25, 0.3) is 0 Å². The van der Waals surface area contributed by atoms with Gasteiger partial charge in [-0.05, 0) is 0 Å². The molecule has 0 aromatic rings. The third-order valence-electron chi connectivity index (χ3n) is 2.42. The number of halogens is 1. The van der Waals surface area contributed by atoms with Gasteiger partial charge in [-0.3, -0.25) is 4.90 Å². The van der Waals surface area contributed by atoms with E-state index in [0.717, 1.165) is 6.54 Å². The van der Waals surface area contributed by atoms with Gasteiger partial charge >= 0.3 is 0 Å². The molecule has 4 heteroatoms. The summed E-state index contributed by atoms with van der Waals surface area (Å²) in [4.78, 5) is 1.94. The molecule has 0 radical (unpaired) electrons. The van der Waals surface area contributed by atoms with Crippen LogP contribution in [0, 0.1) is 5.92 Å². The number of hydrogen-bond donors (Lipinski definition) is 1. The number of rotatable bonds is 4. The average Bonchev–Trinajstić information content (AvgIpc) is 2.31. The minimum Gasteiger partial charge on any atom is -0.389 e. The maximum Gasteiger partial charge on any atom is 0.116 e. The van der Waals surface area contributed by atoms with Gasteiger partial charge in [-0.15, -0.1) is 0 Å². The summed E-state index contributed by atoms with van der Waals surface area (Å²) in [5.74, 6) is 0.0924. The van der Waals surface area contributed by atoms with E-state index in [2.05, 4.69) is 0 Å². The van der Waals surface area contributed by atoms with Crippen molar-refractivity contribution >= 4 is 0 Å². The molecule has 0 saturated carbocycles. The first-order valence-electron chi connectivity index (χ1n) is 4.67. The molecule has 13 heavy (non-hydrogen) atoms. The molecule has 1 aliphatic rings. The van der Waals surface area contributed by atoms with Gasteiger partial charge < -0.3 is 9.84 Å². The fourth-order valence-corrected chi connectivity index (χ4v) is 1.71. The standard InChI is InChI=1S/C9H18FNO2/c1-7-3-11(5-9(7)10)4-8(12)6-13-2/h7-9,12H,3-6H2,1-2H3. The van der Waals surface area contributed by atoms with Crippen LogP contribution < -0.4 is 0 Å². The fraction of sp³-hybridized carbons (Fsp3) is 1.00. The van der Waals surface area contributed by atoms with Crippen molar-refractivity contribution in [1.29, 1.82) is 0 Å². The molecular formula is C9H18FNO2. The fourth-order valence-electron chi connectivity index (χ4n) is 1.71. The quantitative estimate of drug-likeness (QED) is 0.693. The van der Waals surface area contributed by atoms with E-state index in [-0.39, 0.29) is 5.92 Å². The zero-order valence-corrected chi connectivity index (χ0v) is 8.24. The summed E-state index contributed by atoms with van der Waals surface area (Å²) in [5.41, 5.74) is 0. The van der Waals surface area contributed by atoms with Crippen molar-refractivity contribution < 1.29 is 14.2 Å². The second kappa shape index (κ2) is 4.88. The molecule has 0 bridgehead atoms. The van der Waals surface area contributed by atoms with Crippen molar-refractivity contribution in [2.24, 2.45) is 5.92 Å². The number of methoxy groups -OCH3 is 1. The van der Waals surface area contributed by atoms with Crippen molar-refractivity contribution in [2.75, 3.05) is 33.4 Å². The molecule has 0 aromatic carbocycles. The Bertz CT molecular complexity index is 147. The minimum absolute atomic E-state index is 0.0924. The highest BCUT2D eigenvalue weighted by molar-refractivity contribution is 4.82. The third kappa shape index (κ3) is 3.21. The summed E-state index contributed by atoms with van der Waals surface area (Å²) in [5, 5.41) is 9.39. The number of aliphatic hydroxyl groups is 1. The molecule has 1 fully saturated rings. The number of β-amino-alcohol motifs (C(OH)–C–C–N with tert-alkyl or cyclic N) is 1. The van der Waals surface area contributed by atoms with Gasteiger partial charge in [0.1, 0.15) is 6.17 Å². The lowest BCUT2D eigenvalue weighted by atomic mass is 10.1. The Hall–Kier alpha value is -0.190. The van der Waals surface area contributed by atoms with Crippen LogP contribution in [0.2, 0.25) is 0 Å². The van der Waals surface area contributed by atoms with Gasteiger partial charge in [-0.2, -0.15) is 0 Å². The first-order chi connectivity index (χ1) is 6.13. The van der Waals surface area contributed by atoms with Crippen LogP contribution in [-0.2, 0) is 4.74 Å². The lowest BCUT2D eigenvalue weighted by Gasteiger charge is -2.18. The normalized spacial score (nSPS) is 32.3. The van der Waals surface area contributed by atoms with Crippen LogP contribution in [0.4, 0.5) is 4.39 Å². The molecule has 1 heterocycles. The molecule has 78 valence electrons. The maximum atomic E-state index is 13.0.